The van der Waals surface area contributed by atoms with Crippen molar-refractivity contribution in [2.24, 2.45) is 0 Å². The zero-order valence-electron chi connectivity index (χ0n) is 14.7. The van der Waals surface area contributed by atoms with Crippen LogP contribution in [0.3, 0.4) is 0 Å². The summed E-state index contributed by atoms with van der Waals surface area (Å²) >= 11 is 3.62. The molecule has 3 rings (SSSR count). The fourth-order valence-electron chi connectivity index (χ4n) is 3.40. The Morgan fingerprint density at radius 1 is 1.27 bits per heavy atom. The number of hydrogen-bond acceptors (Lipinski definition) is 4. The van der Waals surface area contributed by atoms with Crippen LogP contribution in [0.15, 0.2) is 46.9 Å². The van der Waals surface area contributed by atoms with E-state index in [2.05, 4.69) is 39.4 Å². The first kappa shape index (κ1) is 18.7. The lowest BCUT2D eigenvalue weighted by atomic mass is 10.0. The van der Waals surface area contributed by atoms with E-state index >= 15 is 0 Å². The number of anilines is 1. The summed E-state index contributed by atoms with van der Waals surface area (Å²) in [6.07, 6.45) is 2.04. The molecule has 6 nitrogen and oxygen atoms in total. The lowest BCUT2D eigenvalue weighted by Crippen LogP contribution is -3.12. The van der Waals surface area contributed by atoms with Crippen LogP contribution >= 0.6 is 15.9 Å². The molecule has 7 heteroatoms. The Balaban J connectivity index is 1.60. The highest BCUT2D eigenvalue weighted by Gasteiger charge is 2.24. The topological polar surface area (TPSA) is 68.8 Å². The van der Waals surface area contributed by atoms with Crippen molar-refractivity contribution >= 4 is 27.3 Å². The van der Waals surface area contributed by atoms with Gasteiger partial charge in [-0.15, -0.1) is 0 Å². The minimum atomic E-state index is -0.380. The molecule has 1 aliphatic heterocycles. The molecule has 26 heavy (non-hydrogen) atoms. The van der Waals surface area contributed by atoms with E-state index in [0.717, 1.165) is 36.9 Å². The van der Waals surface area contributed by atoms with Crippen LogP contribution in [-0.4, -0.2) is 31.2 Å². The third-order valence-corrected chi connectivity index (χ3v) is 5.62. The molecule has 1 fully saturated rings. The molecule has 1 saturated heterocycles. The number of methoxy groups -OCH3 is 1. The Morgan fingerprint density at radius 3 is 2.65 bits per heavy atom. The van der Waals surface area contributed by atoms with Crippen LogP contribution in [0.25, 0.3) is 0 Å². The summed E-state index contributed by atoms with van der Waals surface area (Å²) in [7, 11) is 1.58. The molecule has 2 aromatic rings. The van der Waals surface area contributed by atoms with Crippen LogP contribution < -0.4 is 15.0 Å². The van der Waals surface area contributed by atoms with Crippen molar-refractivity contribution < 1.29 is 14.6 Å². The van der Waals surface area contributed by atoms with Crippen LogP contribution in [0.4, 0.5) is 11.4 Å². The van der Waals surface area contributed by atoms with Crippen molar-refractivity contribution in [3.8, 4) is 5.75 Å². The van der Waals surface area contributed by atoms with E-state index in [1.54, 1.807) is 24.1 Å². The van der Waals surface area contributed by atoms with Gasteiger partial charge in [-0.05, 0) is 12.1 Å². The highest BCUT2D eigenvalue weighted by molar-refractivity contribution is 9.10. The van der Waals surface area contributed by atoms with Crippen molar-refractivity contribution in [1.29, 1.82) is 0 Å². The standard InChI is InChI=1S/C19H22BrN3O3/c1-26-19-7-6-16(23(24)25)12-18(19)21-15-8-10-22(11-9-15)13-14-4-2-3-5-17(14)20/h2-7,12,15,21H,8-11,13H2,1H3/p+1. The predicted octanol–water partition coefficient (Wildman–Crippen LogP) is 3.03. The van der Waals surface area contributed by atoms with Gasteiger partial charge in [0.25, 0.3) is 5.69 Å². The van der Waals surface area contributed by atoms with E-state index in [4.69, 9.17) is 4.74 Å². The molecule has 0 amide bonds. The van der Waals surface area contributed by atoms with Gasteiger partial charge in [0.1, 0.15) is 12.3 Å². The molecule has 0 saturated carbocycles. The van der Waals surface area contributed by atoms with E-state index in [0.29, 0.717) is 17.5 Å². The lowest BCUT2D eigenvalue weighted by molar-refractivity contribution is -0.918. The van der Waals surface area contributed by atoms with E-state index in [1.165, 1.54) is 11.6 Å². The average Bonchev–Trinajstić information content (AvgIpc) is 2.65. The third kappa shape index (κ3) is 4.53. The second-order valence-electron chi connectivity index (χ2n) is 6.58. The Labute approximate surface area is 161 Å². The fraction of sp³-hybridized carbons (Fsp3) is 0.368. The van der Waals surface area contributed by atoms with Crippen LogP contribution in [0.1, 0.15) is 18.4 Å². The first-order chi connectivity index (χ1) is 12.6. The Hall–Kier alpha value is -2.12. The minimum Gasteiger partial charge on any atom is -0.495 e. The molecule has 0 bridgehead atoms. The number of ether oxygens (including phenoxy) is 1. The number of hydrogen-bond donors (Lipinski definition) is 2. The van der Waals surface area contributed by atoms with E-state index < -0.39 is 0 Å². The van der Waals surface area contributed by atoms with Gasteiger partial charge < -0.3 is 15.0 Å². The Morgan fingerprint density at radius 2 is 2.00 bits per heavy atom. The molecule has 2 aromatic carbocycles. The summed E-state index contributed by atoms with van der Waals surface area (Å²) in [5.41, 5.74) is 2.10. The van der Waals surface area contributed by atoms with E-state index in [9.17, 15) is 10.1 Å². The number of rotatable bonds is 6. The predicted molar refractivity (Wildman–Crippen MR) is 105 cm³/mol. The summed E-state index contributed by atoms with van der Waals surface area (Å²) in [5, 5.41) is 14.5. The Kier molecular flexibility index (Phi) is 6.11. The van der Waals surface area contributed by atoms with Crippen molar-refractivity contribution in [3.05, 3.63) is 62.6 Å². The maximum atomic E-state index is 11.0. The van der Waals surface area contributed by atoms with Crippen molar-refractivity contribution in [3.63, 3.8) is 0 Å². The molecule has 138 valence electrons. The van der Waals surface area contributed by atoms with E-state index in [-0.39, 0.29) is 10.6 Å². The number of nitrogens with zero attached hydrogens (tertiary/aromatic N) is 1. The lowest BCUT2D eigenvalue weighted by Gasteiger charge is -2.30. The number of likely N-dealkylation sites (tertiary alicyclic amines) is 1. The number of nitro benzene ring substituents is 1. The Bertz CT molecular complexity index is 776. The summed E-state index contributed by atoms with van der Waals surface area (Å²) in [4.78, 5) is 12.2. The smallest absolute Gasteiger partial charge is 0.271 e. The van der Waals surface area contributed by atoms with Gasteiger partial charge in [-0.25, -0.2) is 0 Å². The zero-order valence-corrected chi connectivity index (χ0v) is 16.3. The number of non-ortho nitro benzene ring substituents is 1. The normalized spacial score (nSPS) is 19.8. The van der Waals surface area contributed by atoms with Gasteiger partial charge in [0.2, 0.25) is 0 Å². The first-order valence-corrected chi connectivity index (χ1v) is 9.52. The molecule has 1 heterocycles. The highest BCUT2D eigenvalue weighted by atomic mass is 79.9. The molecular formula is C19H23BrN3O3+. The van der Waals surface area contributed by atoms with Crippen LogP contribution in [0.5, 0.6) is 5.75 Å². The number of piperidine rings is 1. The molecule has 0 spiro atoms. The molecule has 0 atom stereocenters. The van der Waals surface area contributed by atoms with Crippen LogP contribution in [-0.2, 0) is 6.54 Å². The maximum absolute atomic E-state index is 11.0. The minimum absolute atomic E-state index is 0.0743. The number of halogens is 1. The summed E-state index contributed by atoms with van der Waals surface area (Å²) in [5.74, 6) is 0.638. The fourth-order valence-corrected chi connectivity index (χ4v) is 3.83. The summed E-state index contributed by atoms with van der Waals surface area (Å²) in [6, 6.07) is 13.3. The number of nitrogens with one attached hydrogen (secondary N) is 2. The second-order valence-corrected chi connectivity index (χ2v) is 7.43. The largest absolute Gasteiger partial charge is 0.495 e. The van der Waals surface area contributed by atoms with Gasteiger partial charge in [0.15, 0.2) is 0 Å². The van der Waals surface area contributed by atoms with Gasteiger partial charge in [-0.2, -0.15) is 0 Å². The van der Waals surface area contributed by atoms with Crippen molar-refractivity contribution in [2.45, 2.75) is 25.4 Å². The molecule has 0 aromatic heterocycles. The molecule has 2 N–H and O–H groups in total. The van der Waals surface area contributed by atoms with Gasteiger partial charge >= 0.3 is 0 Å². The van der Waals surface area contributed by atoms with Gasteiger partial charge in [-0.1, -0.05) is 34.1 Å². The second kappa shape index (κ2) is 8.51. The first-order valence-electron chi connectivity index (χ1n) is 8.72. The summed E-state index contributed by atoms with van der Waals surface area (Å²) < 4.78 is 6.50. The molecule has 1 aliphatic rings. The maximum Gasteiger partial charge on any atom is 0.271 e. The molecule has 0 aliphatic carbocycles. The van der Waals surface area contributed by atoms with Gasteiger partial charge in [0, 0.05) is 41.1 Å². The van der Waals surface area contributed by atoms with E-state index in [1.807, 2.05) is 6.07 Å². The van der Waals surface area contributed by atoms with Crippen molar-refractivity contribution in [1.82, 2.24) is 0 Å². The molecule has 0 unspecified atom stereocenters. The quantitative estimate of drug-likeness (QED) is 0.556. The van der Waals surface area contributed by atoms with Crippen LogP contribution in [0.2, 0.25) is 0 Å². The summed E-state index contributed by atoms with van der Waals surface area (Å²) in [6.45, 7) is 3.14. The third-order valence-electron chi connectivity index (χ3n) is 4.84. The number of nitro groups is 1. The number of benzene rings is 2. The highest BCUT2D eigenvalue weighted by Crippen LogP contribution is 2.30. The monoisotopic (exact) mass is 420 g/mol. The zero-order chi connectivity index (χ0) is 18.5. The number of quaternary nitrogens is 1. The SMILES string of the molecule is COc1ccc([N+](=O)[O-])cc1NC1CC[NH+](Cc2ccccc2Br)CC1. The molecule has 0 radical (unpaired) electrons. The average molecular weight is 421 g/mol. The van der Waals surface area contributed by atoms with Crippen molar-refractivity contribution in [2.75, 3.05) is 25.5 Å². The van der Waals surface area contributed by atoms with Gasteiger partial charge in [-0.3, -0.25) is 10.1 Å². The van der Waals surface area contributed by atoms with Crippen LogP contribution in [0, 0.1) is 10.1 Å². The van der Waals surface area contributed by atoms with Gasteiger partial charge in [0.05, 0.1) is 30.8 Å². The molecular weight excluding hydrogens is 398 g/mol.